The number of aliphatic hydroxyl groups is 1. The molecule has 4 aromatic rings. The molecule has 0 amide bonds. The second-order valence-electron chi connectivity index (χ2n) is 9.36. The molecule has 11 nitrogen and oxygen atoms in total. The fraction of sp³-hybridized carbons (Fsp3) is 0.286. The van der Waals surface area contributed by atoms with Crippen LogP contribution in [-0.2, 0) is 4.74 Å². The van der Waals surface area contributed by atoms with Gasteiger partial charge in [0, 0.05) is 34.3 Å². The number of hydrogen-bond donors (Lipinski definition) is 4. The van der Waals surface area contributed by atoms with Crippen LogP contribution in [0.15, 0.2) is 52.2 Å². The first-order chi connectivity index (χ1) is 19.3. The maximum Gasteiger partial charge on any atom is 0.330 e. The van der Waals surface area contributed by atoms with Crippen LogP contribution in [0.2, 0.25) is 0 Å². The molecule has 0 bridgehead atoms. The van der Waals surface area contributed by atoms with Gasteiger partial charge in [-0.15, -0.1) is 0 Å². The third-order valence-corrected chi connectivity index (χ3v) is 7.29. The highest BCUT2D eigenvalue weighted by atomic mass is 32.1. The Balaban J connectivity index is 1.53. The van der Waals surface area contributed by atoms with Crippen molar-refractivity contribution >= 4 is 44.6 Å². The number of aryl methyl sites for hydroxylation is 1. The summed E-state index contributed by atoms with van der Waals surface area (Å²) < 4.78 is 18.5. The van der Waals surface area contributed by atoms with Crippen molar-refractivity contribution in [3.05, 3.63) is 74.6 Å². The van der Waals surface area contributed by atoms with Gasteiger partial charge in [0.1, 0.15) is 29.9 Å². The highest BCUT2D eigenvalue weighted by Crippen LogP contribution is 2.45. The summed E-state index contributed by atoms with van der Waals surface area (Å²) in [6.45, 7) is 1.28. The average Bonchev–Trinajstić information content (AvgIpc) is 3.36. The Bertz CT molecular complexity index is 1790. The second kappa shape index (κ2) is 11.0. The molecule has 5 rings (SSSR count). The van der Waals surface area contributed by atoms with Gasteiger partial charge in [-0.25, -0.2) is 4.79 Å². The number of anilines is 1. The largest absolute Gasteiger partial charge is 0.496 e. The van der Waals surface area contributed by atoms with Crippen molar-refractivity contribution in [2.45, 2.75) is 31.7 Å². The normalized spacial score (nSPS) is 18.4. The van der Waals surface area contributed by atoms with Crippen LogP contribution in [0.3, 0.4) is 0 Å². The number of ether oxygens (including phenoxy) is 3. The molecule has 1 aromatic heterocycles. The average molecular weight is 562 g/mol. The van der Waals surface area contributed by atoms with Crippen molar-refractivity contribution in [2.24, 2.45) is 0 Å². The number of H-pyrrole nitrogens is 1. The lowest BCUT2D eigenvalue weighted by atomic mass is 9.94. The number of benzene rings is 3. The van der Waals surface area contributed by atoms with Gasteiger partial charge in [0.2, 0.25) is 0 Å². The zero-order chi connectivity index (χ0) is 28.6. The predicted octanol–water partition coefficient (Wildman–Crippen LogP) is 2.68. The zero-order valence-corrected chi connectivity index (χ0v) is 22.8. The van der Waals surface area contributed by atoms with Crippen molar-refractivity contribution in [3.63, 3.8) is 0 Å². The molecule has 206 valence electrons. The van der Waals surface area contributed by atoms with Crippen LogP contribution < -0.4 is 31.4 Å². The quantitative estimate of drug-likeness (QED) is 0.204. The second-order valence-corrected chi connectivity index (χ2v) is 9.77. The number of rotatable bonds is 6. The molecule has 3 atom stereocenters. The van der Waals surface area contributed by atoms with Gasteiger partial charge in [0.05, 0.1) is 43.5 Å². The van der Waals surface area contributed by atoms with E-state index in [9.17, 15) is 20.0 Å². The number of aromatic nitrogens is 2. The summed E-state index contributed by atoms with van der Waals surface area (Å²) in [6, 6.07) is 12.8. The summed E-state index contributed by atoms with van der Waals surface area (Å²) in [4.78, 5) is 26.5. The Morgan fingerprint density at radius 1 is 1.18 bits per heavy atom. The highest BCUT2D eigenvalue weighted by Gasteiger charge is 2.37. The fourth-order valence-corrected chi connectivity index (χ4v) is 5.43. The lowest BCUT2D eigenvalue weighted by molar-refractivity contribution is -0.0281. The monoisotopic (exact) mass is 561 g/mol. The standard InChI is InChI=1S/C28H27N5O6S/c1-14-12-33(28(36)32-26(14)35)22-10-18(21(13-34)39-22)30-27(40)31-25-16-7-5-4-6-15(16)17(11-29)23-19(37-2)8-9-20(38-3)24(23)25/h4-9,12,18,21-22,34H,10,13H2,1-3H3,(H2,30,31,40)(H,32,35,36)/t18-,21+,22+/m0/s1. The van der Waals surface area contributed by atoms with Crippen molar-refractivity contribution in [1.29, 1.82) is 5.26 Å². The molecule has 2 heterocycles. The summed E-state index contributed by atoms with van der Waals surface area (Å²) >= 11 is 5.71. The van der Waals surface area contributed by atoms with E-state index < -0.39 is 29.6 Å². The summed E-state index contributed by atoms with van der Waals surface area (Å²) in [7, 11) is 3.09. The Morgan fingerprint density at radius 3 is 2.50 bits per heavy atom. The first-order valence-corrected chi connectivity index (χ1v) is 12.9. The molecule has 12 heteroatoms. The van der Waals surface area contributed by atoms with Crippen LogP contribution in [0.5, 0.6) is 11.5 Å². The molecular formula is C28H27N5O6S. The van der Waals surface area contributed by atoms with Crippen molar-refractivity contribution < 1.29 is 19.3 Å². The smallest absolute Gasteiger partial charge is 0.330 e. The number of hydrogen-bond acceptors (Lipinski definition) is 8. The molecule has 0 radical (unpaired) electrons. The van der Waals surface area contributed by atoms with Gasteiger partial charge in [-0.05, 0) is 31.3 Å². The van der Waals surface area contributed by atoms with E-state index in [-0.39, 0.29) is 11.7 Å². The molecule has 0 saturated carbocycles. The van der Waals surface area contributed by atoms with Crippen LogP contribution in [0, 0.1) is 18.3 Å². The van der Waals surface area contributed by atoms with Crippen LogP contribution in [0.25, 0.3) is 21.5 Å². The third kappa shape index (κ3) is 4.64. The number of methoxy groups -OCH3 is 2. The minimum Gasteiger partial charge on any atom is -0.496 e. The molecule has 0 spiro atoms. The van der Waals surface area contributed by atoms with Gasteiger partial charge in [-0.3, -0.25) is 14.3 Å². The number of nitriles is 1. The van der Waals surface area contributed by atoms with Gasteiger partial charge in [0.25, 0.3) is 5.56 Å². The number of aliphatic hydroxyl groups excluding tert-OH is 1. The lowest BCUT2D eigenvalue weighted by Gasteiger charge is -2.22. The zero-order valence-electron chi connectivity index (χ0n) is 22.0. The Hall–Kier alpha value is -4.44. The predicted molar refractivity (Wildman–Crippen MR) is 154 cm³/mol. The molecule has 40 heavy (non-hydrogen) atoms. The summed E-state index contributed by atoms with van der Waals surface area (Å²) in [5.41, 5.74) is 0.351. The van der Waals surface area contributed by atoms with E-state index in [1.165, 1.54) is 17.9 Å². The van der Waals surface area contributed by atoms with Crippen LogP contribution in [0.1, 0.15) is 23.8 Å². The SMILES string of the molecule is COc1ccc(OC)c2c(NC(=S)N[C@H]3C[C@H](n4cc(C)c(=O)[nH]c4=O)O[C@@H]3CO)c3ccccc3c(C#N)c12. The van der Waals surface area contributed by atoms with Gasteiger partial charge < -0.3 is 30.0 Å². The molecule has 0 aliphatic carbocycles. The maximum atomic E-state index is 12.4. The number of fused-ring (bicyclic) bond motifs is 2. The van der Waals surface area contributed by atoms with E-state index in [4.69, 9.17) is 26.4 Å². The maximum absolute atomic E-state index is 12.4. The first-order valence-electron chi connectivity index (χ1n) is 12.5. The lowest BCUT2D eigenvalue weighted by Crippen LogP contribution is -2.43. The summed E-state index contributed by atoms with van der Waals surface area (Å²) in [6.07, 6.45) is 0.340. The number of thiocarbonyl (C=S) groups is 1. The van der Waals surface area contributed by atoms with E-state index in [0.29, 0.717) is 50.9 Å². The van der Waals surface area contributed by atoms with Crippen molar-refractivity contribution in [3.8, 4) is 17.6 Å². The summed E-state index contributed by atoms with van der Waals surface area (Å²) in [5, 5.41) is 29.5. The van der Waals surface area contributed by atoms with Crippen molar-refractivity contribution in [2.75, 3.05) is 26.1 Å². The van der Waals surface area contributed by atoms with Gasteiger partial charge >= 0.3 is 5.69 Å². The minimum atomic E-state index is -0.721. The van der Waals surface area contributed by atoms with Crippen LogP contribution in [-0.4, -0.2) is 52.7 Å². The first kappa shape index (κ1) is 27.1. The Morgan fingerprint density at radius 2 is 1.85 bits per heavy atom. The molecule has 1 aliphatic heterocycles. The van der Waals surface area contributed by atoms with E-state index in [0.717, 1.165) is 5.39 Å². The highest BCUT2D eigenvalue weighted by molar-refractivity contribution is 7.80. The van der Waals surface area contributed by atoms with Gasteiger partial charge in [-0.1, -0.05) is 24.3 Å². The summed E-state index contributed by atoms with van der Waals surface area (Å²) in [5.74, 6) is 1.03. The number of aromatic amines is 1. The fourth-order valence-electron chi connectivity index (χ4n) is 5.18. The molecule has 1 fully saturated rings. The van der Waals surface area contributed by atoms with E-state index in [1.54, 1.807) is 26.2 Å². The Kier molecular flexibility index (Phi) is 7.44. The molecule has 1 saturated heterocycles. The number of nitrogens with one attached hydrogen (secondary N) is 3. The van der Waals surface area contributed by atoms with Crippen LogP contribution >= 0.6 is 12.2 Å². The van der Waals surface area contributed by atoms with Gasteiger partial charge in [-0.2, -0.15) is 5.26 Å². The molecule has 0 unspecified atom stereocenters. The Labute approximate surface area is 233 Å². The molecule has 3 aromatic carbocycles. The number of nitrogens with zero attached hydrogens (tertiary/aromatic N) is 2. The van der Waals surface area contributed by atoms with Gasteiger partial charge in [0.15, 0.2) is 5.11 Å². The topological polar surface area (TPSA) is 151 Å². The van der Waals surface area contributed by atoms with E-state index in [1.807, 2.05) is 24.3 Å². The van der Waals surface area contributed by atoms with Crippen LogP contribution in [0.4, 0.5) is 5.69 Å². The van der Waals surface area contributed by atoms with E-state index >= 15 is 0 Å². The molecule has 1 aliphatic rings. The minimum absolute atomic E-state index is 0.235. The molecule has 4 N–H and O–H groups in total. The van der Waals surface area contributed by atoms with Crippen molar-refractivity contribution in [1.82, 2.24) is 14.9 Å². The molecular weight excluding hydrogens is 534 g/mol. The van der Waals surface area contributed by atoms with E-state index in [2.05, 4.69) is 21.7 Å². The third-order valence-electron chi connectivity index (χ3n) is 7.07.